The second-order valence-electron chi connectivity index (χ2n) is 1.56. The fourth-order valence-electron chi connectivity index (χ4n) is 0.248. The van der Waals surface area contributed by atoms with Crippen molar-refractivity contribution >= 4 is 11.8 Å². The lowest BCUT2D eigenvalue weighted by Gasteiger charge is -2.12. The van der Waals surface area contributed by atoms with Crippen LogP contribution in [0.5, 0.6) is 0 Å². The minimum absolute atomic E-state index is 0.368. The molecule has 5 nitrogen and oxygen atoms in total. The van der Waals surface area contributed by atoms with Gasteiger partial charge >= 0.3 is 0 Å². The largest absolute Gasteiger partial charge is 0.274 e. The molecular weight excluding hydrogens is 122 g/mol. The maximum atomic E-state index is 10.3. The predicted octanol–water partition coefficient (Wildman–Crippen LogP) is -1.24. The summed E-state index contributed by atoms with van der Waals surface area (Å²) in [5.41, 5.74) is 2.06. The van der Waals surface area contributed by atoms with Crippen molar-refractivity contribution in [1.82, 2.24) is 10.5 Å². The number of nitrogens with zero attached hydrogens (tertiary/aromatic N) is 1. The third kappa shape index (κ3) is 3.48. The van der Waals surface area contributed by atoms with Gasteiger partial charge in [0.2, 0.25) is 5.91 Å². The second kappa shape index (κ2) is 3.03. The minimum Gasteiger partial charge on any atom is -0.274 e. The zero-order valence-corrected chi connectivity index (χ0v) is 5.34. The highest BCUT2D eigenvalue weighted by atomic mass is 16.2. The summed E-state index contributed by atoms with van der Waals surface area (Å²) in [5.74, 6) is 4.19. The number of hydrogen-bond acceptors (Lipinski definition) is 3. The van der Waals surface area contributed by atoms with Crippen molar-refractivity contribution < 1.29 is 9.59 Å². The van der Waals surface area contributed by atoms with Gasteiger partial charge < -0.3 is 0 Å². The van der Waals surface area contributed by atoms with Crippen LogP contribution >= 0.6 is 0 Å². The number of hydrazine groups is 2. The summed E-state index contributed by atoms with van der Waals surface area (Å²) in [6.07, 6.45) is 0. The van der Waals surface area contributed by atoms with Crippen molar-refractivity contribution in [3.8, 4) is 0 Å². The molecule has 0 fully saturated rings. The van der Waals surface area contributed by atoms with Crippen molar-refractivity contribution in [2.45, 2.75) is 13.8 Å². The van der Waals surface area contributed by atoms with E-state index < -0.39 is 5.91 Å². The van der Waals surface area contributed by atoms with E-state index in [1.165, 1.54) is 13.8 Å². The van der Waals surface area contributed by atoms with Crippen molar-refractivity contribution in [2.24, 2.45) is 5.84 Å². The molecule has 0 aliphatic rings. The van der Waals surface area contributed by atoms with Crippen molar-refractivity contribution in [3.05, 3.63) is 0 Å². The molecule has 9 heavy (non-hydrogen) atoms. The van der Waals surface area contributed by atoms with E-state index in [0.29, 0.717) is 5.12 Å². The normalized spacial score (nSPS) is 8.33. The molecule has 0 bridgehead atoms. The maximum Gasteiger partial charge on any atom is 0.252 e. The van der Waals surface area contributed by atoms with Gasteiger partial charge in [0.15, 0.2) is 0 Å². The van der Waals surface area contributed by atoms with Crippen LogP contribution in [0.25, 0.3) is 0 Å². The molecule has 0 aliphatic heterocycles. The monoisotopic (exact) mass is 131 g/mol. The Hall–Kier alpha value is -1.10. The quantitative estimate of drug-likeness (QED) is 0.245. The number of nitrogens with one attached hydrogen (secondary N) is 1. The number of hydrogen-bond donors (Lipinski definition) is 2. The first-order chi connectivity index (χ1) is 4.04. The number of carbonyl (C=O) groups is 2. The van der Waals surface area contributed by atoms with E-state index in [4.69, 9.17) is 5.84 Å². The highest BCUT2D eigenvalue weighted by molar-refractivity contribution is 5.78. The van der Waals surface area contributed by atoms with Gasteiger partial charge in [-0.25, -0.2) is 5.84 Å². The Bertz CT molecular complexity index is 134. The first-order valence-corrected chi connectivity index (χ1v) is 2.36. The fourth-order valence-corrected chi connectivity index (χ4v) is 0.248. The van der Waals surface area contributed by atoms with E-state index in [-0.39, 0.29) is 5.91 Å². The molecule has 0 saturated heterocycles. The summed E-state index contributed by atoms with van der Waals surface area (Å²) >= 11 is 0. The molecule has 0 aliphatic carbocycles. The van der Waals surface area contributed by atoms with Crippen LogP contribution in [-0.4, -0.2) is 16.9 Å². The Morgan fingerprint density at radius 3 is 2.00 bits per heavy atom. The standard InChI is InChI=1S/C4H9N3O2/c1-3(8)6-7(5)4(2)9/h5H2,1-2H3,(H,6,8). The van der Waals surface area contributed by atoms with Crippen molar-refractivity contribution in [3.63, 3.8) is 0 Å². The average molecular weight is 131 g/mol. The summed E-state index contributed by atoms with van der Waals surface area (Å²) in [6.45, 7) is 2.51. The van der Waals surface area contributed by atoms with E-state index in [1.54, 1.807) is 0 Å². The minimum atomic E-state index is -0.412. The number of amides is 2. The van der Waals surface area contributed by atoms with Crippen LogP contribution in [0.3, 0.4) is 0 Å². The van der Waals surface area contributed by atoms with Gasteiger partial charge in [0.05, 0.1) is 0 Å². The molecule has 0 atom stereocenters. The van der Waals surface area contributed by atoms with E-state index >= 15 is 0 Å². The first kappa shape index (κ1) is 7.90. The SMILES string of the molecule is CC(=O)NN(N)C(C)=O. The van der Waals surface area contributed by atoms with Crippen LogP contribution in [0.1, 0.15) is 13.8 Å². The Kier molecular flexibility index (Phi) is 2.66. The summed E-state index contributed by atoms with van der Waals surface area (Å²) in [4.78, 5) is 20.4. The summed E-state index contributed by atoms with van der Waals surface area (Å²) < 4.78 is 0. The lowest BCUT2D eigenvalue weighted by molar-refractivity contribution is -0.139. The highest BCUT2D eigenvalue weighted by Crippen LogP contribution is 1.70. The molecule has 0 unspecified atom stereocenters. The molecule has 0 aromatic carbocycles. The van der Waals surface area contributed by atoms with E-state index in [2.05, 4.69) is 5.43 Å². The smallest absolute Gasteiger partial charge is 0.252 e. The topological polar surface area (TPSA) is 75.4 Å². The second-order valence-corrected chi connectivity index (χ2v) is 1.56. The van der Waals surface area contributed by atoms with Crippen molar-refractivity contribution in [1.29, 1.82) is 0 Å². The van der Waals surface area contributed by atoms with Gasteiger partial charge in [0, 0.05) is 13.8 Å². The van der Waals surface area contributed by atoms with E-state index in [0.717, 1.165) is 0 Å². The Labute approximate surface area is 52.7 Å². The Morgan fingerprint density at radius 1 is 1.44 bits per heavy atom. The summed E-state index contributed by atoms with van der Waals surface area (Å²) in [7, 11) is 0. The van der Waals surface area contributed by atoms with Gasteiger partial charge in [-0.2, -0.15) is 5.12 Å². The van der Waals surface area contributed by atoms with Crippen LogP contribution < -0.4 is 11.3 Å². The lowest BCUT2D eigenvalue weighted by Crippen LogP contribution is -2.48. The third-order valence-corrected chi connectivity index (χ3v) is 0.617. The van der Waals surface area contributed by atoms with E-state index in [9.17, 15) is 9.59 Å². The van der Waals surface area contributed by atoms with Crippen LogP contribution in [0, 0.1) is 0 Å². The van der Waals surface area contributed by atoms with Crippen LogP contribution in [0.2, 0.25) is 0 Å². The molecule has 0 aromatic heterocycles. The Morgan fingerprint density at radius 2 is 1.89 bits per heavy atom. The predicted molar refractivity (Wildman–Crippen MR) is 30.5 cm³/mol. The van der Waals surface area contributed by atoms with Gasteiger partial charge in [0.1, 0.15) is 0 Å². The molecule has 0 aromatic rings. The first-order valence-electron chi connectivity index (χ1n) is 2.36. The van der Waals surface area contributed by atoms with Gasteiger partial charge in [-0.1, -0.05) is 0 Å². The molecular formula is C4H9N3O2. The fraction of sp³-hybridized carbons (Fsp3) is 0.500. The molecule has 0 radical (unpaired) electrons. The molecule has 0 heterocycles. The number of carbonyl (C=O) groups excluding carboxylic acids is 2. The zero-order valence-electron chi connectivity index (χ0n) is 5.34. The maximum absolute atomic E-state index is 10.3. The summed E-state index contributed by atoms with van der Waals surface area (Å²) in [6, 6.07) is 0. The molecule has 52 valence electrons. The molecule has 5 heteroatoms. The highest BCUT2D eigenvalue weighted by Gasteiger charge is 2.01. The molecule has 0 spiro atoms. The third-order valence-electron chi connectivity index (χ3n) is 0.617. The van der Waals surface area contributed by atoms with Crippen molar-refractivity contribution in [2.75, 3.05) is 0 Å². The lowest BCUT2D eigenvalue weighted by atomic mass is 10.7. The average Bonchev–Trinajstić information content (AvgIpc) is 1.63. The molecule has 2 amide bonds. The van der Waals surface area contributed by atoms with Gasteiger partial charge in [-0.05, 0) is 0 Å². The Balaban J connectivity index is 3.63. The van der Waals surface area contributed by atoms with Crippen LogP contribution in [-0.2, 0) is 9.59 Å². The van der Waals surface area contributed by atoms with Gasteiger partial charge in [-0.15, -0.1) is 0 Å². The van der Waals surface area contributed by atoms with Gasteiger partial charge in [0.25, 0.3) is 5.91 Å². The summed E-state index contributed by atoms with van der Waals surface area (Å²) in [5, 5.41) is 0.627. The van der Waals surface area contributed by atoms with Crippen LogP contribution in [0.15, 0.2) is 0 Å². The molecule has 0 saturated carbocycles. The van der Waals surface area contributed by atoms with Gasteiger partial charge in [-0.3, -0.25) is 15.0 Å². The molecule has 3 N–H and O–H groups in total. The number of nitrogens with two attached hydrogens (primary N) is 1. The molecule has 0 rings (SSSR count). The van der Waals surface area contributed by atoms with E-state index in [1.807, 2.05) is 0 Å². The number of rotatable bonds is 0. The zero-order chi connectivity index (χ0) is 7.44. The van der Waals surface area contributed by atoms with Crippen LogP contribution in [0.4, 0.5) is 0 Å².